The van der Waals surface area contributed by atoms with E-state index >= 15 is 0 Å². The zero-order valence-corrected chi connectivity index (χ0v) is 10.9. The van der Waals surface area contributed by atoms with Gasteiger partial charge in [-0.25, -0.2) is 4.98 Å². The van der Waals surface area contributed by atoms with Crippen molar-refractivity contribution < 1.29 is 4.74 Å². The van der Waals surface area contributed by atoms with Crippen LogP contribution in [0.1, 0.15) is 18.9 Å². The van der Waals surface area contributed by atoms with Crippen LogP contribution in [0.3, 0.4) is 0 Å². The highest BCUT2D eigenvalue weighted by atomic mass is 16.5. The van der Waals surface area contributed by atoms with Crippen molar-refractivity contribution in [3.8, 4) is 5.75 Å². The fourth-order valence-corrected chi connectivity index (χ4v) is 1.47. The maximum atomic E-state index is 5.51. The van der Waals surface area contributed by atoms with Gasteiger partial charge in [0, 0.05) is 6.20 Å². The zero-order valence-electron chi connectivity index (χ0n) is 10.9. The molecule has 0 aliphatic heterocycles. The molecule has 0 radical (unpaired) electrons. The van der Waals surface area contributed by atoms with Crippen molar-refractivity contribution in [2.75, 3.05) is 12.0 Å². The molecular formula is C15H17N3O. The third-order valence-corrected chi connectivity index (χ3v) is 2.41. The van der Waals surface area contributed by atoms with Gasteiger partial charge in [-0.3, -0.25) is 5.43 Å². The van der Waals surface area contributed by atoms with Crippen molar-refractivity contribution in [3.05, 3.63) is 54.2 Å². The molecule has 0 spiro atoms. The summed E-state index contributed by atoms with van der Waals surface area (Å²) in [6.45, 7) is 2.83. The number of anilines is 1. The number of hydrazone groups is 1. The maximum Gasteiger partial charge on any atom is 0.146 e. The van der Waals surface area contributed by atoms with Crippen molar-refractivity contribution >= 4 is 12.0 Å². The van der Waals surface area contributed by atoms with E-state index < -0.39 is 0 Å². The van der Waals surface area contributed by atoms with Crippen LogP contribution in [-0.2, 0) is 0 Å². The molecule has 2 rings (SSSR count). The van der Waals surface area contributed by atoms with E-state index in [4.69, 9.17) is 4.74 Å². The molecule has 98 valence electrons. The molecule has 4 nitrogen and oxygen atoms in total. The van der Waals surface area contributed by atoms with Crippen LogP contribution in [0.25, 0.3) is 0 Å². The first kappa shape index (κ1) is 13.1. The second-order valence-corrected chi connectivity index (χ2v) is 4.00. The van der Waals surface area contributed by atoms with Crippen LogP contribution in [0.15, 0.2) is 53.8 Å². The van der Waals surface area contributed by atoms with E-state index in [1.807, 2.05) is 42.5 Å². The quantitative estimate of drug-likeness (QED) is 0.636. The van der Waals surface area contributed by atoms with Crippen LogP contribution < -0.4 is 10.2 Å². The van der Waals surface area contributed by atoms with Gasteiger partial charge >= 0.3 is 0 Å². The summed E-state index contributed by atoms with van der Waals surface area (Å²) in [5, 5.41) is 4.13. The fraction of sp³-hybridized carbons (Fsp3) is 0.200. The van der Waals surface area contributed by atoms with Gasteiger partial charge in [0.25, 0.3) is 0 Å². The van der Waals surface area contributed by atoms with Gasteiger partial charge in [-0.2, -0.15) is 5.10 Å². The lowest BCUT2D eigenvalue weighted by molar-refractivity contribution is 0.317. The summed E-state index contributed by atoms with van der Waals surface area (Å²) in [5.74, 6) is 1.61. The summed E-state index contributed by atoms with van der Waals surface area (Å²) in [6, 6.07) is 13.5. The first-order chi connectivity index (χ1) is 9.38. The minimum Gasteiger partial charge on any atom is -0.494 e. The molecule has 19 heavy (non-hydrogen) atoms. The summed E-state index contributed by atoms with van der Waals surface area (Å²) in [4.78, 5) is 4.11. The summed E-state index contributed by atoms with van der Waals surface area (Å²) < 4.78 is 5.51. The van der Waals surface area contributed by atoms with Crippen LogP contribution in [0.2, 0.25) is 0 Å². The topological polar surface area (TPSA) is 46.5 Å². The number of nitrogens with zero attached hydrogens (tertiary/aromatic N) is 2. The lowest BCUT2D eigenvalue weighted by Crippen LogP contribution is -1.95. The molecule has 0 aliphatic carbocycles. The molecule has 0 atom stereocenters. The molecule has 0 fully saturated rings. The van der Waals surface area contributed by atoms with Gasteiger partial charge in [0.1, 0.15) is 11.6 Å². The molecule has 0 unspecified atom stereocenters. The molecule has 0 saturated heterocycles. The van der Waals surface area contributed by atoms with Crippen molar-refractivity contribution in [1.82, 2.24) is 4.98 Å². The average Bonchev–Trinajstić information content (AvgIpc) is 2.47. The highest BCUT2D eigenvalue weighted by Gasteiger charge is 1.93. The monoisotopic (exact) mass is 255 g/mol. The van der Waals surface area contributed by atoms with Crippen LogP contribution in [0.4, 0.5) is 5.82 Å². The molecule has 0 aliphatic rings. The molecule has 1 aromatic carbocycles. The second kappa shape index (κ2) is 7.16. The van der Waals surface area contributed by atoms with E-state index in [0.717, 1.165) is 30.2 Å². The number of hydrogen-bond acceptors (Lipinski definition) is 4. The highest BCUT2D eigenvalue weighted by molar-refractivity contribution is 5.80. The van der Waals surface area contributed by atoms with Gasteiger partial charge in [0.15, 0.2) is 0 Å². The first-order valence-corrected chi connectivity index (χ1v) is 6.31. The van der Waals surface area contributed by atoms with Gasteiger partial charge in [-0.05, 0) is 48.4 Å². The van der Waals surface area contributed by atoms with Gasteiger partial charge in [-0.15, -0.1) is 0 Å². The van der Waals surface area contributed by atoms with E-state index in [-0.39, 0.29) is 0 Å². The van der Waals surface area contributed by atoms with E-state index in [1.165, 1.54) is 0 Å². The number of aromatic nitrogens is 1. The number of benzene rings is 1. The Morgan fingerprint density at radius 1 is 1.21 bits per heavy atom. The minimum absolute atomic E-state index is 0.724. The first-order valence-electron chi connectivity index (χ1n) is 6.31. The number of hydrogen-bond donors (Lipinski definition) is 1. The molecule has 1 heterocycles. The van der Waals surface area contributed by atoms with Crippen molar-refractivity contribution in [3.63, 3.8) is 0 Å². The van der Waals surface area contributed by atoms with E-state index in [9.17, 15) is 0 Å². The van der Waals surface area contributed by atoms with Crippen LogP contribution in [0.5, 0.6) is 5.75 Å². The smallest absolute Gasteiger partial charge is 0.146 e. The Morgan fingerprint density at radius 2 is 2.05 bits per heavy atom. The Balaban J connectivity index is 1.88. The van der Waals surface area contributed by atoms with E-state index in [0.29, 0.717) is 0 Å². The third-order valence-electron chi connectivity index (χ3n) is 2.41. The molecule has 4 heteroatoms. The van der Waals surface area contributed by atoms with Crippen LogP contribution >= 0.6 is 0 Å². The fourth-order valence-electron chi connectivity index (χ4n) is 1.47. The van der Waals surface area contributed by atoms with Gasteiger partial charge < -0.3 is 4.74 Å². The Morgan fingerprint density at radius 3 is 2.74 bits per heavy atom. The minimum atomic E-state index is 0.724. The molecule has 1 aromatic heterocycles. The van der Waals surface area contributed by atoms with Crippen LogP contribution in [-0.4, -0.2) is 17.8 Å². The molecule has 0 amide bonds. The Hall–Kier alpha value is -2.36. The highest BCUT2D eigenvalue weighted by Crippen LogP contribution is 2.11. The summed E-state index contributed by atoms with van der Waals surface area (Å²) in [5.41, 5.74) is 3.88. The number of rotatable bonds is 6. The number of ether oxygens (including phenoxy) is 1. The third kappa shape index (κ3) is 4.43. The van der Waals surface area contributed by atoms with E-state index in [1.54, 1.807) is 12.4 Å². The largest absolute Gasteiger partial charge is 0.494 e. The molecule has 0 bridgehead atoms. The lowest BCUT2D eigenvalue weighted by Gasteiger charge is -2.03. The second-order valence-electron chi connectivity index (χ2n) is 4.00. The normalized spacial score (nSPS) is 10.6. The van der Waals surface area contributed by atoms with Gasteiger partial charge in [0.05, 0.1) is 12.8 Å². The molecular weight excluding hydrogens is 238 g/mol. The number of pyridine rings is 1. The standard InChI is InChI=1S/C15H17N3O/c1-2-11-19-14-8-6-13(7-9-14)12-17-18-15-5-3-4-10-16-15/h3-10,12H,2,11H2,1H3,(H,16,18)/b17-12+. The zero-order chi connectivity index (χ0) is 13.3. The summed E-state index contributed by atoms with van der Waals surface area (Å²) >= 11 is 0. The molecule has 1 N–H and O–H groups in total. The summed E-state index contributed by atoms with van der Waals surface area (Å²) in [7, 11) is 0. The lowest BCUT2D eigenvalue weighted by atomic mass is 10.2. The SMILES string of the molecule is CCCOc1ccc(/C=N/Nc2ccccn2)cc1. The maximum absolute atomic E-state index is 5.51. The van der Waals surface area contributed by atoms with Crippen LogP contribution in [0, 0.1) is 0 Å². The van der Waals surface area contributed by atoms with Crippen molar-refractivity contribution in [1.29, 1.82) is 0 Å². The van der Waals surface area contributed by atoms with Crippen molar-refractivity contribution in [2.45, 2.75) is 13.3 Å². The Bertz CT molecular complexity index is 509. The summed E-state index contributed by atoms with van der Waals surface area (Å²) in [6.07, 6.45) is 4.48. The predicted octanol–water partition coefficient (Wildman–Crippen LogP) is 3.32. The van der Waals surface area contributed by atoms with Gasteiger partial charge in [-0.1, -0.05) is 13.0 Å². The van der Waals surface area contributed by atoms with E-state index in [2.05, 4.69) is 22.4 Å². The molecule has 0 saturated carbocycles. The average molecular weight is 255 g/mol. The Labute approximate surface area is 113 Å². The van der Waals surface area contributed by atoms with Gasteiger partial charge in [0.2, 0.25) is 0 Å². The van der Waals surface area contributed by atoms with Crippen molar-refractivity contribution in [2.24, 2.45) is 5.10 Å². The number of nitrogens with one attached hydrogen (secondary N) is 1. The molecule has 2 aromatic rings. The predicted molar refractivity (Wildman–Crippen MR) is 77.7 cm³/mol. The Kier molecular flexibility index (Phi) is 4.93.